The van der Waals surface area contributed by atoms with Gasteiger partial charge in [-0.25, -0.2) is 4.98 Å². The first kappa shape index (κ1) is 49.4. The molecule has 0 radical (unpaired) electrons. The molecule has 1 aliphatic rings. The molecule has 2 aromatic heterocycles. The molecule has 1 aliphatic heterocycles. The molecular formula is C67H61N4OPt-3. The summed E-state index contributed by atoms with van der Waals surface area (Å²) in [6.07, 6.45) is 1.92. The molecule has 0 unspecified atom stereocenters. The van der Waals surface area contributed by atoms with E-state index in [0.717, 1.165) is 50.4 Å². The molecule has 0 saturated heterocycles. The van der Waals surface area contributed by atoms with E-state index in [9.17, 15) is 0 Å². The topological polar surface area (TPSA) is 33.5 Å². The Labute approximate surface area is 446 Å². The number of aromatic nitrogens is 2. The van der Waals surface area contributed by atoms with E-state index >= 15 is 0 Å². The molecular weight excluding hydrogens is 1070 g/mol. The number of anilines is 4. The molecule has 73 heavy (non-hydrogen) atoms. The van der Waals surface area contributed by atoms with Crippen LogP contribution < -0.4 is 14.5 Å². The predicted octanol–water partition coefficient (Wildman–Crippen LogP) is 17.3. The van der Waals surface area contributed by atoms with Gasteiger partial charge in [-0.1, -0.05) is 189 Å². The van der Waals surface area contributed by atoms with E-state index < -0.39 is 0 Å². The maximum absolute atomic E-state index is 6.78. The van der Waals surface area contributed by atoms with Crippen LogP contribution in [0.3, 0.4) is 0 Å². The Morgan fingerprint density at radius 1 is 0.438 bits per heavy atom. The second-order valence-electron chi connectivity index (χ2n) is 21.9. The number of para-hydroxylation sites is 1. The van der Waals surface area contributed by atoms with Gasteiger partial charge in [-0.05, 0) is 92.2 Å². The monoisotopic (exact) mass is 1130 g/mol. The molecule has 3 heterocycles. The second kappa shape index (κ2) is 19.0. The normalized spacial score (nSPS) is 13.1. The summed E-state index contributed by atoms with van der Waals surface area (Å²) in [4.78, 5) is 9.58. The van der Waals surface area contributed by atoms with Crippen molar-refractivity contribution in [3.63, 3.8) is 0 Å². The van der Waals surface area contributed by atoms with Gasteiger partial charge in [0.2, 0.25) is 0 Å². The molecule has 0 aliphatic carbocycles. The van der Waals surface area contributed by atoms with Crippen molar-refractivity contribution in [2.75, 3.05) is 9.80 Å². The van der Waals surface area contributed by atoms with Crippen molar-refractivity contribution < 1.29 is 25.8 Å². The van der Waals surface area contributed by atoms with E-state index in [1.165, 1.54) is 38.9 Å². The number of benzene rings is 8. The molecule has 6 heteroatoms. The fourth-order valence-electron chi connectivity index (χ4n) is 10.4. The Balaban J connectivity index is 0.00000611. The number of hydrogen-bond donors (Lipinski definition) is 0. The van der Waals surface area contributed by atoms with Crippen LogP contribution in [-0.2, 0) is 42.7 Å². The van der Waals surface area contributed by atoms with Gasteiger partial charge in [-0.15, -0.1) is 48.1 Å². The third-order valence-electron chi connectivity index (χ3n) is 15.2. The maximum atomic E-state index is 6.78. The van der Waals surface area contributed by atoms with Gasteiger partial charge in [0.15, 0.2) is 0 Å². The largest absolute Gasteiger partial charge is 0.509 e. The Bertz CT molecular complexity index is 3540. The molecule has 0 atom stereocenters. The zero-order valence-electron chi connectivity index (χ0n) is 43.1. The average molecular weight is 1130 g/mol. The summed E-state index contributed by atoms with van der Waals surface area (Å²) in [5.41, 5.74) is 14.0. The number of hydrogen-bond acceptors (Lipinski definition) is 4. The van der Waals surface area contributed by atoms with Crippen molar-refractivity contribution in [3.05, 3.63) is 258 Å². The fraction of sp³-hybridized carbons (Fsp3) is 0.194. The third-order valence-corrected chi connectivity index (χ3v) is 15.2. The third kappa shape index (κ3) is 9.08. The molecule has 10 aromatic rings. The van der Waals surface area contributed by atoms with Gasteiger partial charge in [0.25, 0.3) is 0 Å². The van der Waals surface area contributed by atoms with Crippen LogP contribution in [0.4, 0.5) is 22.7 Å². The Morgan fingerprint density at radius 3 is 1.63 bits per heavy atom. The van der Waals surface area contributed by atoms with Crippen molar-refractivity contribution in [1.29, 1.82) is 0 Å². The smallest absolute Gasteiger partial charge is 0.135 e. The second-order valence-corrected chi connectivity index (χ2v) is 21.9. The van der Waals surface area contributed by atoms with E-state index in [2.05, 4.69) is 271 Å². The van der Waals surface area contributed by atoms with Crippen molar-refractivity contribution in [1.82, 2.24) is 9.55 Å². The standard InChI is InChI=1S/C67H61N4O.Pt/c1-64(2,3)49-32-35-60-62(41-49)69(45-70(60)54-39-51(66(6,7)47-24-15-11-16-25-47)38-52(40-54)67(8,9)48-26-17-12-18-27-48)53-28-21-29-55(43-53)72-56-33-34-58-57-30-19-20-31-59(57)71(61(58)44-56)63-42-50(36-37-68-63)65(4,5)46-22-13-10-14-23-46;/h10-42,45H,1-9H3;/q-3;. The van der Waals surface area contributed by atoms with Gasteiger partial charge in [-0.2, -0.15) is 12.1 Å². The summed E-state index contributed by atoms with van der Waals surface area (Å²) in [7, 11) is 0. The molecule has 0 N–H and O–H groups in total. The Hall–Kier alpha value is -7.20. The van der Waals surface area contributed by atoms with E-state index in [1.807, 2.05) is 24.4 Å². The minimum Gasteiger partial charge on any atom is -0.509 e. The van der Waals surface area contributed by atoms with Crippen molar-refractivity contribution >= 4 is 44.6 Å². The SMILES string of the molecule is CC(C)(C)c1ccc2c(c1)N(c1[c-]c(Oc3[c-]c4c(cc3)c3ccccc3n4-c3cc(C(C)(C)c4ccccc4)ccn3)ccc1)[CH-]N2c1cc(C(C)(C)c2ccccc2)cc(C(C)(C)c2ccccc2)c1.[Pt]. The molecule has 5 nitrogen and oxygen atoms in total. The van der Waals surface area contributed by atoms with Crippen molar-refractivity contribution in [2.24, 2.45) is 0 Å². The van der Waals surface area contributed by atoms with E-state index in [-0.39, 0.29) is 42.7 Å². The van der Waals surface area contributed by atoms with Crippen LogP contribution in [0.5, 0.6) is 11.5 Å². The van der Waals surface area contributed by atoms with Gasteiger partial charge in [0, 0.05) is 77.6 Å². The Morgan fingerprint density at radius 2 is 1.01 bits per heavy atom. The zero-order valence-corrected chi connectivity index (χ0v) is 45.4. The molecule has 0 saturated carbocycles. The maximum Gasteiger partial charge on any atom is 0.135 e. The first-order chi connectivity index (χ1) is 34.6. The summed E-state index contributed by atoms with van der Waals surface area (Å²) >= 11 is 0. The molecule has 0 bridgehead atoms. The number of pyridine rings is 1. The number of fused-ring (bicyclic) bond motifs is 4. The van der Waals surface area contributed by atoms with E-state index in [1.54, 1.807) is 0 Å². The molecule has 0 spiro atoms. The van der Waals surface area contributed by atoms with Crippen LogP contribution in [0.2, 0.25) is 0 Å². The molecule has 8 aromatic carbocycles. The minimum absolute atomic E-state index is 0. The van der Waals surface area contributed by atoms with Gasteiger partial charge in [0.1, 0.15) is 5.82 Å². The summed E-state index contributed by atoms with van der Waals surface area (Å²) in [5.74, 6) is 2.01. The summed E-state index contributed by atoms with van der Waals surface area (Å²) < 4.78 is 8.99. The first-order valence-electron chi connectivity index (χ1n) is 25.1. The molecule has 368 valence electrons. The van der Waals surface area contributed by atoms with Crippen LogP contribution in [0.1, 0.15) is 101 Å². The summed E-state index contributed by atoms with van der Waals surface area (Å²) in [6.45, 7) is 22.9. The van der Waals surface area contributed by atoms with Gasteiger partial charge >= 0.3 is 0 Å². The van der Waals surface area contributed by atoms with Gasteiger partial charge in [-0.3, -0.25) is 0 Å². The predicted molar refractivity (Wildman–Crippen MR) is 299 cm³/mol. The molecule has 0 fully saturated rings. The van der Waals surface area contributed by atoms with Crippen LogP contribution in [0.15, 0.2) is 200 Å². The van der Waals surface area contributed by atoms with Crippen molar-refractivity contribution in [2.45, 2.75) is 84.0 Å². The zero-order chi connectivity index (χ0) is 50.0. The van der Waals surface area contributed by atoms with Crippen LogP contribution in [0.25, 0.3) is 27.6 Å². The molecule has 11 rings (SSSR count). The first-order valence-corrected chi connectivity index (χ1v) is 25.1. The Kier molecular flexibility index (Phi) is 12.9. The summed E-state index contributed by atoms with van der Waals surface area (Å²) in [5, 5.41) is 2.21. The fourth-order valence-corrected chi connectivity index (χ4v) is 10.4. The average Bonchev–Trinajstić information content (AvgIpc) is 3.95. The minimum atomic E-state index is -0.273. The van der Waals surface area contributed by atoms with Crippen LogP contribution in [0, 0.1) is 18.8 Å². The van der Waals surface area contributed by atoms with Crippen molar-refractivity contribution in [3.8, 4) is 17.3 Å². The summed E-state index contributed by atoms with van der Waals surface area (Å²) in [6, 6.07) is 76.9. The number of ether oxygens (including phenoxy) is 1. The van der Waals surface area contributed by atoms with E-state index in [0.29, 0.717) is 11.5 Å². The van der Waals surface area contributed by atoms with E-state index in [4.69, 9.17) is 9.72 Å². The number of nitrogens with zero attached hydrogens (tertiary/aromatic N) is 4. The van der Waals surface area contributed by atoms with Crippen LogP contribution in [-0.4, -0.2) is 9.55 Å². The number of rotatable bonds is 11. The van der Waals surface area contributed by atoms with Gasteiger partial charge in [0.05, 0.1) is 0 Å². The van der Waals surface area contributed by atoms with Gasteiger partial charge < -0.3 is 19.1 Å². The molecule has 0 amide bonds. The van der Waals surface area contributed by atoms with Crippen LogP contribution >= 0.6 is 0 Å². The quantitative estimate of drug-likeness (QED) is 0.121.